The summed E-state index contributed by atoms with van der Waals surface area (Å²) in [7, 11) is 0. The largest absolute Gasteiger partial charge is 0.422 e. The lowest BCUT2D eigenvalue weighted by molar-refractivity contribution is -0.136. The molecule has 3 rings (SSSR count). The zero-order valence-corrected chi connectivity index (χ0v) is 19.2. The van der Waals surface area contributed by atoms with Gasteiger partial charge in [0.1, 0.15) is 5.75 Å². The molecule has 2 N–H and O–H groups in total. The highest BCUT2D eigenvalue weighted by Crippen LogP contribution is 2.29. The van der Waals surface area contributed by atoms with Crippen LogP contribution in [-0.2, 0) is 9.59 Å². The number of anilines is 1. The van der Waals surface area contributed by atoms with Gasteiger partial charge in [-0.3, -0.25) is 9.59 Å². The van der Waals surface area contributed by atoms with Crippen LogP contribution in [0.3, 0.4) is 0 Å². The Labute approximate surface area is 200 Å². The molecular weight excluding hydrogens is 465 g/mol. The molecule has 0 aromatic heterocycles. The number of carbonyl (C=O) groups excluding carboxylic acids is 3. The van der Waals surface area contributed by atoms with Gasteiger partial charge in [0.15, 0.2) is 0 Å². The monoisotopic (exact) mass is 483 g/mol. The lowest BCUT2D eigenvalue weighted by atomic mass is 10.1. The first kappa shape index (κ1) is 24.0. The summed E-state index contributed by atoms with van der Waals surface area (Å²) in [4.78, 5) is 36.8. The van der Waals surface area contributed by atoms with Gasteiger partial charge in [0, 0.05) is 5.56 Å². The highest BCUT2D eigenvalue weighted by molar-refractivity contribution is 6.45. The molecule has 0 heterocycles. The maximum absolute atomic E-state index is 12.5. The van der Waals surface area contributed by atoms with E-state index in [1.807, 2.05) is 19.1 Å². The number of hydrogen-bond acceptors (Lipinski definition) is 5. The molecule has 3 aromatic carbocycles. The maximum Gasteiger partial charge on any atom is 0.343 e. The van der Waals surface area contributed by atoms with Gasteiger partial charge in [-0.1, -0.05) is 59.1 Å². The minimum atomic E-state index is -1.01. The minimum absolute atomic E-state index is 0.115. The quantitative estimate of drug-likeness (QED) is 0.175. The number of benzene rings is 3. The van der Waals surface area contributed by atoms with Gasteiger partial charge in [0.05, 0.1) is 27.0 Å². The van der Waals surface area contributed by atoms with Crippen molar-refractivity contribution in [3.63, 3.8) is 0 Å². The standard InChI is InChI=1S/C24H19Cl2N3O4/c1-14-10-12-16(13-11-14)24(32)33-20-9-4-3-6-17(20)15(2)28-29-23(31)22(30)27-19-8-5-7-18(25)21(19)26/h3-13H,1-2H3,(H,27,30)(H,29,31)/b28-15+. The third-order valence-corrected chi connectivity index (χ3v) is 5.32. The fraction of sp³-hybridized carbons (Fsp3) is 0.0833. The lowest BCUT2D eigenvalue weighted by Crippen LogP contribution is -2.33. The molecule has 0 aliphatic heterocycles. The Morgan fingerprint density at radius 3 is 2.30 bits per heavy atom. The van der Waals surface area contributed by atoms with Gasteiger partial charge in [-0.05, 0) is 50.2 Å². The van der Waals surface area contributed by atoms with Crippen molar-refractivity contribution in [2.24, 2.45) is 5.10 Å². The summed E-state index contributed by atoms with van der Waals surface area (Å²) in [6.45, 7) is 3.52. The third kappa shape index (κ3) is 6.19. The van der Waals surface area contributed by atoms with Crippen LogP contribution in [0, 0.1) is 6.92 Å². The number of halogens is 2. The minimum Gasteiger partial charge on any atom is -0.422 e. The number of carbonyl (C=O) groups is 3. The number of nitrogens with one attached hydrogen (secondary N) is 2. The number of nitrogens with zero attached hydrogens (tertiary/aromatic N) is 1. The summed E-state index contributed by atoms with van der Waals surface area (Å²) in [5.41, 5.74) is 4.58. The average Bonchev–Trinajstić information content (AvgIpc) is 2.81. The van der Waals surface area contributed by atoms with E-state index >= 15 is 0 Å². The van der Waals surface area contributed by atoms with Crippen molar-refractivity contribution in [2.45, 2.75) is 13.8 Å². The second-order valence-electron chi connectivity index (χ2n) is 6.95. The van der Waals surface area contributed by atoms with E-state index in [0.29, 0.717) is 16.8 Å². The molecule has 0 radical (unpaired) electrons. The predicted octanol–water partition coefficient (Wildman–Crippen LogP) is 5.00. The summed E-state index contributed by atoms with van der Waals surface area (Å²) in [5, 5.41) is 6.67. The number of ether oxygens (including phenoxy) is 1. The molecule has 0 aliphatic carbocycles. The summed E-state index contributed by atoms with van der Waals surface area (Å²) in [5.74, 6) is -2.26. The molecule has 0 saturated carbocycles. The van der Waals surface area contributed by atoms with Crippen molar-refractivity contribution >= 4 is 52.4 Å². The van der Waals surface area contributed by atoms with Gasteiger partial charge < -0.3 is 10.1 Å². The second kappa shape index (κ2) is 10.8. The molecule has 0 bridgehead atoms. The topological polar surface area (TPSA) is 96.9 Å². The fourth-order valence-corrected chi connectivity index (χ4v) is 3.08. The van der Waals surface area contributed by atoms with Crippen LogP contribution in [0.5, 0.6) is 5.75 Å². The summed E-state index contributed by atoms with van der Waals surface area (Å²) < 4.78 is 5.51. The molecule has 33 heavy (non-hydrogen) atoms. The molecule has 0 unspecified atom stereocenters. The van der Waals surface area contributed by atoms with Crippen molar-refractivity contribution in [3.8, 4) is 5.75 Å². The molecular formula is C24H19Cl2N3O4. The van der Waals surface area contributed by atoms with Crippen molar-refractivity contribution < 1.29 is 19.1 Å². The van der Waals surface area contributed by atoms with E-state index in [1.54, 1.807) is 55.5 Å². The van der Waals surface area contributed by atoms with E-state index in [0.717, 1.165) is 5.56 Å². The van der Waals surface area contributed by atoms with E-state index in [9.17, 15) is 14.4 Å². The third-order valence-electron chi connectivity index (χ3n) is 4.50. The van der Waals surface area contributed by atoms with Gasteiger partial charge in [0.25, 0.3) is 0 Å². The maximum atomic E-state index is 12.5. The summed E-state index contributed by atoms with van der Waals surface area (Å²) in [6, 6.07) is 18.3. The number of para-hydroxylation sites is 1. The number of rotatable bonds is 5. The van der Waals surface area contributed by atoms with Crippen molar-refractivity contribution in [3.05, 3.63) is 93.5 Å². The highest BCUT2D eigenvalue weighted by atomic mass is 35.5. The molecule has 0 aliphatic rings. The van der Waals surface area contributed by atoms with Crippen LogP contribution in [0.2, 0.25) is 10.0 Å². The molecule has 3 aromatic rings. The Hall–Kier alpha value is -3.68. The normalized spacial score (nSPS) is 11.0. The SMILES string of the molecule is C/C(=N\NC(=O)C(=O)Nc1cccc(Cl)c1Cl)c1ccccc1OC(=O)c1ccc(C)cc1. The van der Waals surface area contributed by atoms with E-state index < -0.39 is 17.8 Å². The van der Waals surface area contributed by atoms with Gasteiger partial charge in [0.2, 0.25) is 0 Å². The summed E-state index contributed by atoms with van der Waals surface area (Å²) in [6.07, 6.45) is 0. The molecule has 0 atom stereocenters. The van der Waals surface area contributed by atoms with E-state index in [2.05, 4.69) is 15.8 Å². The first-order valence-electron chi connectivity index (χ1n) is 9.74. The zero-order valence-electron chi connectivity index (χ0n) is 17.7. The van der Waals surface area contributed by atoms with Crippen LogP contribution in [0.25, 0.3) is 0 Å². The first-order valence-corrected chi connectivity index (χ1v) is 10.5. The van der Waals surface area contributed by atoms with Crippen LogP contribution >= 0.6 is 23.2 Å². The van der Waals surface area contributed by atoms with Crippen LogP contribution in [-0.4, -0.2) is 23.5 Å². The number of hydrazone groups is 1. The fourth-order valence-electron chi connectivity index (χ4n) is 2.73. The zero-order chi connectivity index (χ0) is 24.0. The van der Waals surface area contributed by atoms with Gasteiger partial charge >= 0.3 is 17.8 Å². The van der Waals surface area contributed by atoms with Crippen molar-refractivity contribution in [1.82, 2.24) is 5.43 Å². The molecule has 7 nitrogen and oxygen atoms in total. The van der Waals surface area contributed by atoms with Crippen LogP contribution in [0.4, 0.5) is 5.69 Å². The second-order valence-corrected chi connectivity index (χ2v) is 7.73. The predicted molar refractivity (Wildman–Crippen MR) is 128 cm³/mol. The average molecular weight is 484 g/mol. The van der Waals surface area contributed by atoms with E-state index in [1.165, 1.54) is 6.07 Å². The molecule has 2 amide bonds. The molecule has 0 saturated heterocycles. The lowest BCUT2D eigenvalue weighted by Gasteiger charge is -2.10. The first-order chi connectivity index (χ1) is 15.8. The van der Waals surface area contributed by atoms with Crippen molar-refractivity contribution in [1.29, 1.82) is 0 Å². The molecule has 0 fully saturated rings. The molecule has 168 valence electrons. The van der Waals surface area contributed by atoms with Crippen molar-refractivity contribution in [2.75, 3.05) is 5.32 Å². The molecule has 9 heteroatoms. The van der Waals surface area contributed by atoms with Crippen LogP contribution < -0.4 is 15.5 Å². The summed E-state index contributed by atoms with van der Waals surface area (Å²) >= 11 is 11.9. The van der Waals surface area contributed by atoms with E-state index in [4.69, 9.17) is 27.9 Å². The number of esters is 1. The Balaban J connectivity index is 1.69. The number of aryl methyl sites for hydroxylation is 1. The van der Waals surface area contributed by atoms with Gasteiger partial charge in [-0.2, -0.15) is 5.10 Å². The molecule has 0 spiro atoms. The Morgan fingerprint density at radius 1 is 0.879 bits per heavy atom. The van der Waals surface area contributed by atoms with Crippen LogP contribution in [0.1, 0.15) is 28.4 Å². The Morgan fingerprint density at radius 2 is 1.58 bits per heavy atom. The number of amides is 2. The van der Waals surface area contributed by atoms with Gasteiger partial charge in [-0.15, -0.1) is 0 Å². The Bertz CT molecular complexity index is 1240. The Kier molecular flexibility index (Phi) is 7.82. The van der Waals surface area contributed by atoms with E-state index in [-0.39, 0.29) is 21.5 Å². The van der Waals surface area contributed by atoms with Crippen LogP contribution in [0.15, 0.2) is 71.8 Å². The number of hydrogen-bond donors (Lipinski definition) is 2. The highest BCUT2D eigenvalue weighted by Gasteiger charge is 2.17. The van der Waals surface area contributed by atoms with Gasteiger partial charge in [-0.25, -0.2) is 10.2 Å². The smallest absolute Gasteiger partial charge is 0.343 e.